The number of hydrogen-bond donors (Lipinski definition) is 3. The molecule has 0 radical (unpaired) electrons. The van der Waals surface area contributed by atoms with Gasteiger partial charge in [0.25, 0.3) is 5.56 Å². The van der Waals surface area contributed by atoms with Crippen molar-refractivity contribution >= 4 is 34.7 Å². The van der Waals surface area contributed by atoms with Crippen LogP contribution in [0.1, 0.15) is 25.3 Å². The molecule has 7 heteroatoms. The molecule has 2 aromatic rings. The average molecular weight is 314 g/mol. The van der Waals surface area contributed by atoms with Gasteiger partial charge in [-0.25, -0.2) is 5.10 Å². The monoisotopic (exact) mass is 313 g/mol. The number of halogens is 2. The molecular weight excluding hydrogens is 301 g/mol. The molecule has 1 aromatic heterocycles. The molecule has 0 aliphatic heterocycles. The third-order valence-electron chi connectivity index (χ3n) is 2.74. The summed E-state index contributed by atoms with van der Waals surface area (Å²) in [5.41, 5.74) is 0.970. The number of benzene rings is 1. The van der Waals surface area contributed by atoms with E-state index < -0.39 is 0 Å². The fourth-order valence-corrected chi connectivity index (χ4v) is 2.19. The lowest BCUT2D eigenvalue weighted by molar-refractivity contribution is 0.476. The molecule has 0 amide bonds. The number of hydrogen-bond acceptors (Lipinski definition) is 4. The molecule has 0 unspecified atom stereocenters. The largest absolute Gasteiger partial charge is 0.505 e. The minimum Gasteiger partial charge on any atom is -0.505 e. The molecule has 0 aliphatic rings. The topological polar surface area (TPSA) is 78.0 Å². The molecule has 106 valence electrons. The molecule has 1 heterocycles. The van der Waals surface area contributed by atoms with Crippen LogP contribution in [0.4, 0.5) is 11.5 Å². The molecule has 0 atom stereocenters. The fraction of sp³-hybridized carbons (Fsp3) is 0.231. The van der Waals surface area contributed by atoms with Gasteiger partial charge in [-0.15, -0.1) is 0 Å². The third kappa shape index (κ3) is 3.05. The van der Waals surface area contributed by atoms with Gasteiger partial charge in [0.05, 0.1) is 10.0 Å². The van der Waals surface area contributed by atoms with Crippen molar-refractivity contribution in [3.05, 3.63) is 44.2 Å². The highest BCUT2D eigenvalue weighted by atomic mass is 35.5. The Balaban J connectivity index is 2.35. The van der Waals surface area contributed by atoms with Crippen LogP contribution >= 0.6 is 23.2 Å². The maximum atomic E-state index is 11.6. The molecule has 0 aliphatic carbocycles. The highest BCUT2D eigenvalue weighted by Gasteiger charge is 2.10. The summed E-state index contributed by atoms with van der Waals surface area (Å²) >= 11 is 11.7. The van der Waals surface area contributed by atoms with Gasteiger partial charge in [-0.2, -0.15) is 5.10 Å². The first-order chi connectivity index (χ1) is 9.38. The number of H-pyrrole nitrogens is 1. The maximum absolute atomic E-state index is 11.6. The molecule has 0 saturated heterocycles. The Kier molecular flexibility index (Phi) is 4.20. The standard InChI is InChI=1S/C13H13Cl2N3O2/c1-6(2)8-5-11(17-18-13(8)20)16-7-3-9(14)12(19)10(15)4-7/h3-6,19H,1-2H3,(H,16,17)(H,18,20). The van der Waals surface area contributed by atoms with E-state index in [0.717, 1.165) is 0 Å². The number of aromatic nitrogens is 2. The van der Waals surface area contributed by atoms with Gasteiger partial charge < -0.3 is 10.4 Å². The smallest absolute Gasteiger partial charge is 0.267 e. The first-order valence-electron chi connectivity index (χ1n) is 5.93. The van der Waals surface area contributed by atoms with E-state index >= 15 is 0 Å². The molecule has 0 fully saturated rings. The van der Waals surface area contributed by atoms with Crippen LogP contribution < -0.4 is 10.9 Å². The zero-order valence-electron chi connectivity index (χ0n) is 10.9. The maximum Gasteiger partial charge on any atom is 0.267 e. The Morgan fingerprint density at radius 1 is 1.25 bits per heavy atom. The second kappa shape index (κ2) is 5.73. The van der Waals surface area contributed by atoms with E-state index in [9.17, 15) is 9.90 Å². The lowest BCUT2D eigenvalue weighted by Crippen LogP contribution is -2.16. The molecule has 2 rings (SSSR count). The van der Waals surface area contributed by atoms with Crippen LogP contribution in [0, 0.1) is 0 Å². The zero-order valence-corrected chi connectivity index (χ0v) is 12.4. The molecule has 3 N–H and O–H groups in total. The number of phenolic OH excluding ortho intramolecular Hbond substituents is 1. The van der Waals surface area contributed by atoms with Gasteiger partial charge >= 0.3 is 0 Å². The number of phenols is 1. The Bertz CT molecular complexity index is 675. The zero-order chi connectivity index (χ0) is 14.9. The van der Waals surface area contributed by atoms with Gasteiger partial charge in [-0.05, 0) is 24.1 Å². The second-order valence-corrected chi connectivity index (χ2v) is 5.42. The van der Waals surface area contributed by atoms with Crippen LogP contribution in [0.3, 0.4) is 0 Å². The summed E-state index contributed by atoms with van der Waals surface area (Å²) in [6.45, 7) is 3.84. The minimum absolute atomic E-state index is 0.0780. The Morgan fingerprint density at radius 2 is 1.85 bits per heavy atom. The molecule has 0 spiro atoms. The Morgan fingerprint density at radius 3 is 2.40 bits per heavy atom. The molecule has 0 saturated carbocycles. The van der Waals surface area contributed by atoms with Crippen LogP contribution in [-0.4, -0.2) is 15.3 Å². The normalized spacial score (nSPS) is 10.8. The van der Waals surface area contributed by atoms with Crippen molar-refractivity contribution in [2.45, 2.75) is 19.8 Å². The van der Waals surface area contributed by atoms with Crippen molar-refractivity contribution in [3.8, 4) is 5.75 Å². The third-order valence-corrected chi connectivity index (χ3v) is 3.32. The molecular formula is C13H13Cl2N3O2. The Labute approximate surface area is 125 Å². The van der Waals surface area contributed by atoms with E-state index in [4.69, 9.17) is 23.2 Å². The molecule has 5 nitrogen and oxygen atoms in total. The van der Waals surface area contributed by atoms with Crippen LogP contribution in [0.5, 0.6) is 5.75 Å². The summed E-state index contributed by atoms with van der Waals surface area (Å²) in [7, 11) is 0. The molecule has 20 heavy (non-hydrogen) atoms. The van der Waals surface area contributed by atoms with Crippen molar-refractivity contribution in [2.24, 2.45) is 0 Å². The summed E-state index contributed by atoms with van der Waals surface area (Å²) in [5, 5.41) is 19.1. The van der Waals surface area contributed by atoms with Crippen molar-refractivity contribution in [3.63, 3.8) is 0 Å². The van der Waals surface area contributed by atoms with E-state index in [2.05, 4.69) is 15.5 Å². The quantitative estimate of drug-likeness (QED) is 0.756. The van der Waals surface area contributed by atoms with Gasteiger partial charge in [0.1, 0.15) is 0 Å². The number of nitrogens with one attached hydrogen (secondary N) is 2. The van der Waals surface area contributed by atoms with Gasteiger partial charge in [-0.3, -0.25) is 4.79 Å². The first-order valence-corrected chi connectivity index (χ1v) is 6.68. The van der Waals surface area contributed by atoms with Crippen molar-refractivity contribution in [1.29, 1.82) is 0 Å². The van der Waals surface area contributed by atoms with Crippen molar-refractivity contribution in [1.82, 2.24) is 10.2 Å². The van der Waals surface area contributed by atoms with E-state index in [0.29, 0.717) is 17.1 Å². The number of rotatable bonds is 3. The number of anilines is 2. The van der Waals surface area contributed by atoms with E-state index in [1.54, 1.807) is 6.07 Å². The van der Waals surface area contributed by atoms with Crippen LogP contribution in [0.2, 0.25) is 10.0 Å². The van der Waals surface area contributed by atoms with Gasteiger partial charge in [0, 0.05) is 11.3 Å². The predicted octanol–water partition coefficient (Wildman–Crippen LogP) is 3.65. The lowest BCUT2D eigenvalue weighted by Gasteiger charge is -2.10. The summed E-state index contributed by atoms with van der Waals surface area (Å²) < 4.78 is 0. The van der Waals surface area contributed by atoms with Crippen molar-refractivity contribution < 1.29 is 5.11 Å². The van der Waals surface area contributed by atoms with Gasteiger partial charge in [0.2, 0.25) is 0 Å². The number of aromatic hydroxyl groups is 1. The summed E-state index contributed by atoms with van der Waals surface area (Å²) in [4.78, 5) is 11.6. The van der Waals surface area contributed by atoms with Crippen molar-refractivity contribution in [2.75, 3.05) is 5.32 Å². The number of nitrogens with zero attached hydrogens (tertiary/aromatic N) is 1. The summed E-state index contributed by atoms with van der Waals surface area (Å²) in [6, 6.07) is 4.70. The highest BCUT2D eigenvalue weighted by Crippen LogP contribution is 2.35. The molecule has 0 bridgehead atoms. The van der Waals surface area contributed by atoms with Gasteiger partial charge in [0.15, 0.2) is 11.6 Å². The minimum atomic E-state index is -0.215. The van der Waals surface area contributed by atoms with E-state index in [1.165, 1.54) is 12.1 Å². The molecule has 1 aromatic carbocycles. The lowest BCUT2D eigenvalue weighted by atomic mass is 10.1. The fourth-order valence-electron chi connectivity index (χ4n) is 1.70. The SMILES string of the molecule is CC(C)c1cc(Nc2cc(Cl)c(O)c(Cl)c2)n[nH]c1=O. The second-order valence-electron chi connectivity index (χ2n) is 4.61. The van der Waals surface area contributed by atoms with Crippen LogP contribution in [0.25, 0.3) is 0 Å². The van der Waals surface area contributed by atoms with E-state index in [-0.39, 0.29) is 27.3 Å². The van der Waals surface area contributed by atoms with Crippen LogP contribution in [-0.2, 0) is 0 Å². The predicted molar refractivity (Wildman–Crippen MR) is 80.4 cm³/mol. The van der Waals surface area contributed by atoms with E-state index in [1.807, 2.05) is 13.8 Å². The van der Waals surface area contributed by atoms with Crippen LogP contribution in [0.15, 0.2) is 23.0 Å². The number of aromatic amines is 1. The summed E-state index contributed by atoms with van der Waals surface area (Å²) in [5.74, 6) is 0.372. The summed E-state index contributed by atoms with van der Waals surface area (Å²) in [6.07, 6.45) is 0. The highest BCUT2D eigenvalue weighted by molar-refractivity contribution is 6.37. The average Bonchev–Trinajstić information content (AvgIpc) is 2.38. The Hall–Kier alpha value is -1.72. The first kappa shape index (κ1) is 14.7. The van der Waals surface area contributed by atoms with Gasteiger partial charge in [-0.1, -0.05) is 37.0 Å².